The average molecular weight is 351 g/mol. The normalized spacial score (nSPS) is 10.8. The second-order valence-corrected chi connectivity index (χ2v) is 6.35. The summed E-state index contributed by atoms with van der Waals surface area (Å²) in [5.41, 5.74) is 1.86. The summed E-state index contributed by atoms with van der Waals surface area (Å²) in [5, 5.41) is 10.2. The highest BCUT2D eigenvalue weighted by molar-refractivity contribution is 7.98. The van der Waals surface area contributed by atoms with Gasteiger partial charge in [0, 0.05) is 21.4 Å². The molecular formula is C15H12Cl2N4S. The fraction of sp³-hybridized carbons (Fsp3) is 0.0667. The Bertz CT molecular complexity index is 804. The molecule has 0 spiro atoms. The number of halogens is 2. The summed E-state index contributed by atoms with van der Waals surface area (Å²) in [6, 6.07) is 15.0. The number of thioether (sulfide) groups is 1. The molecule has 1 aromatic heterocycles. The molecule has 0 atom stereocenters. The number of nitrogen functional groups attached to an aromatic ring is 1. The van der Waals surface area contributed by atoms with Crippen molar-refractivity contribution < 1.29 is 0 Å². The SMILES string of the molecule is Nn1c(SCc2ccccc2Cl)nnc1-c1cccc(Cl)c1. The molecule has 2 aromatic carbocycles. The Hall–Kier alpha value is -1.69. The van der Waals surface area contributed by atoms with Gasteiger partial charge >= 0.3 is 0 Å². The van der Waals surface area contributed by atoms with E-state index in [2.05, 4.69) is 10.2 Å². The van der Waals surface area contributed by atoms with Crippen LogP contribution in [0.1, 0.15) is 5.56 Å². The number of benzene rings is 2. The van der Waals surface area contributed by atoms with Crippen molar-refractivity contribution in [2.24, 2.45) is 0 Å². The molecular weight excluding hydrogens is 339 g/mol. The first kappa shape index (κ1) is 15.2. The molecule has 112 valence electrons. The van der Waals surface area contributed by atoms with Gasteiger partial charge in [-0.2, -0.15) is 0 Å². The molecule has 0 aliphatic heterocycles. The Morgan fingerprint density at radius 2 is 1.86 bits per heavy atom. The quantitative estimate of drug-likeness (QED) is 0.564. The maximum atomic E-state index is 6.15. The zero-order chi connectivity index (χ0) is 15.5. The molecule has 3 aromatic rings. The van der Waals surface area contributed by atoms with E-state index in [-0.39, 0.29) is 0 Å². The first-order valence-electron chi connectivity index (χ1n) is 6.48. The molecule has 7 heteroatoms. The van der Waals surface area contributed by atoms with Crippen LogP contribution in [0.3, 0.4) is 0 Å². The first-order valence-corrected chi connectivity index (χ1v) is 8.22. The van der Waals surface area contributed by atoms with Crippen LogP contribution in [0, 0.1) is 0 Å². The highest BCUT2D eigenvalue weighted by Gasteiger charge is 2.13. The van der Waals surface area contributed by atoms with Gasteiger partial charge in [-0.05, 0) is 23.8 Å². The van der Waals surface area contributed by atoms with E-state index in [0.29, 0.717) is 21.8 Å². The Kier molecular flexibility index (Phi) is 4.57. The van der Waals surface area contributed by atoms with Crippen LogP contribution in [-0.2, 0) is 5.75 Å². The lowest BCUT2D eigenvalue weighted by molar-refractivity contribution is 0.849. The highest BCUT2D eigenvalue weighted by Crippen LogP contribution is 2.27. The van der Waals surface area contributed by atoms with Gasteiger partial charge in [0.15, 0.2) is 5.82 Å². The van der Waals surface area contributed by atoms with Gasteiger partial charge in [0.2, 0.25) is 5.16 Å². The summed E-state index contributed by atoms with van der Waals surface area (Å²) in [6.07, 6.45) is 0. The second-order valence-electron chi connectivity index (χ2n) is 4.57. The van der Waals surface area contributed by atoms with E-state index in [0.717, 1.165) is 16.1 Å². The lowest BCUT2D eigenvalue weighted by atomic mass is 10.2. The zero-order valence-electron chi connectivity index (χ0n) is 11.4. The molecule has 0 saturated carbocycles. The zero-order valence-corrected chi connectivity index (χ0v) is 13.7. The van der Waals surface area contributed by atoms with Gasteiger partial charge < -0.3 is 5.84 Å². The van der Waals surface area contributed by atoms with Crippen molar-refractivity contribution in [2.45, 2.75) is 10.9 Å². The third-order valence-electron chi connectivity index (χ3n) is 3.06. The Morgan fingerprint density at radius 1 is 1.05 bits per heavy atom. The molecule has 2 N–H and O–H groups in total. The number of nitrogens with two attached hydrogens (primary N) is 1. The molecule has 0 saturated heterocycles. The molecule has 0 fully saturated rings. The van der Waals surface area contributed by atoms with Gasteiger partial charge in [-0.1, -0.05) is 65.3 Å². The number of aromatic nitrogens is 3. The maximum absolute atomic E-state index is 6.15. The third kappa shape index (κ3) is 3.21. The molecule has 22 heavy (non-hydrogen) atoms. The Morgan fingerprint density at radius 3 is 2.64 bits per heavy atom. The fourth-order valence-electron chi connectivity index (χ4n) is 1.96. The van der Waals surface area contributed by atoms with Gasteiger partial charge in [-0.15, -0.1) is 10.2 Å². The molecule has 3 rings (SSSR count). The summed E-state index contributed by atoms with van der Waals surface area (Å²) in [7, 11) is 0. The van der Waals surface area contributed by atoms with Gasteiger partial charge in [0.05, 0.1) is 0 Å². The summed E-state index contributed by atoms with van der Waals surface area (Å²) >= 11 is 13.6. The summed E-state index contributed by atoms with van der Waals surface area (Å²) in [6.45, 7) is 0. The van der Waals surface area contributed by atoms with Crippen molar-refractivity contribution in [1.29, 1.82) is 0 Å². The number of hydrogen-bond acceptors (Lipinski definition) is 4. The lowest BCUT2D eigenvalue weighted by Gasteiger charge is -2.05. The molecule has 0 aliphatic rings. The molecule has 0 amide bonds. The first-order chi connectivity index (χ1) is 10.6. The topological polar surface area (TPSA) is 56.7 Å². The molecule has 0 radical (unpaired) electrons. The fourth-order valence-corrected chi connectivity index (χ4v) is 3.29. The van der Waals surface area contributed by atoms with Crippen LogP contribution in [0.5, 0.6) is 0 Å². The van der Waals surface area contributed by atoms with Crippen molar-refractivity contribution in [3.8, 4) is 11.4 Å². The standard InChI is InChI=1S/C15H12Cl2N4S/c16-12-6-3-5-10(8-12)14-19-20-15(21(14)18)22-9-11-4-1-2-7-13(11)17/h1-8H,9,18H2. The van der Waals surface area contributed by atoms with Crippen LogP contribution in [0.4, 0.5) is 0 Å². The van der Waals surface area contributed by atoms with E-state index in [1.807, 2.05) is 36.4 Å². The van der Waals surface area contributed by atoms with Crippen LogP contribution < -0.4 is 5.84 Å². The lowest BCUT2D eigenvalue weighted by Crippen LogP contribution is -2.11. The highest BCUT2D eigenvalue weighted by atomic mass is 35.5. The second kappa shape index (κ2) is 6.60. The molecule has 0 bridgehead atoms. The van der Waals surface area contributed by atoms with E-state index < -0.39 is 0 Å². The van der Waals surface area contributed by atoms with Crippen molar-refractivity contribution in [3.63, 3.8) is 0 Å². The predicted octanol–water partition coefficient (Wildman–Crippen LogP) is 4.26. The third-order valence-corrected chi connectivity index (χ3v) is 4.66. The van der Waals surface area contributed by atoms with Crippen molar-refractivity contribution >= 4 is 35.0 Å². The van der Waals surface area contributed by atoms with E-state index in [1.54, 1.807) is 12.1 Å². The molecule has 0 aliphatic carbocycles. The van der Waals surface area contributed by atoms with Gasteiger partial charge in [0.25, 0.3) is 0 Å². The summed E-state index contributed by atoms with van der Waals surface area (Å²) in [4.78, 5) is 0. The maximum Gasteiger partial charge on any atom is 0.210 e. The van der Waals surface area contributed by atoms with Crippen molar-refractivity contribution in [1.82, 2.24) is 14.9 Å². The largest absolute Gasteiger partial charge is 0.335 e. The van der Waals surface area contributed by atoms with Crippen molar-refractivity contribution in [2.75, 3.05) is 5.84 Å². The molecule has 0 unspecified atom stereocenters. The minimum atomic E-state index is 0.573. The van der Waals surface area contributed by atoms with Crippen LogP contribution in [-0.4, -0.2) is 14.9 Å². The average Bonchev–Trinajstić information content (AvgIpc) is 2.87. The van der Waals surface area contributed by atoms with Gasteiger partial charge in [-0.25, -0.2) is 4.68 Å². The van der Waals surface area contributed by atoms with Crippen LogP contribution in [0.2, 0.25) is 10.0 Å². The van der Waals surface area contributed by atoms with Crippen LogP contribution in [0.25, 0.3) is 11.4 Å². The van der Waals surface area contributed by atoms with E-state index in [4.69, 9.17) is 29.0 Å². The Balaban J connectivity index is 1.81. The summed E-state index contributed by atoms with van der Waals surface area (Å²) in [5.74, 6) is 7.33. The van der Waals surface area contributed by atoms with Crippen molar-refractivity contribution in [3.05, 3.63) is 64.1 Å². The Labute approximate surface area is 142 Å². The monoisotopic (exact) mass is 350 g/mol. The minimum absolute atomic E-state index is 0.573. The number of hydrogen-bond donors (Lipinski definition) is 1. The van der Waals surface area contributed by atoms with Crippen LogP contribution in [0.15, 0.2) is 53.7 Å². The van der Waals surface area contributed by atoms with E-state index in [9.17, 15) is 0 Å². The number of nitrogens with zero attached hydrogens (tertiary/aromatic N) is 3. The smallest absolute Gasteiger partial charge is 0.210 e. The van der Waals surface area contributed by atoms with Gasteiger partial charge in [-0.3, -0.25) is 0 Å². The molecule has 1 heterocycles. The number of rotatable bonds is 4. The minimum Gasteiger partial charge on any atom is -0.335 e. The predicted molar refractivity (Wildman–Crippen MR) is 91.6 cm³/mol. The summed E-state index contributed by atoms with van der Waals surface area (Å²) < 4.78 is 1.47. The van der Waals surface area contributed by atoms with Crippen LogP contribution >= 0.6 is 35.0 Å². The van der Waals surface area contributed by atoms with Gasteiger partial charge in [0.1, 0.15) is 0 Å². The van der Waals surface area contributed by atoms with E-state index in [1.165, 1.54) is 16.4 Å². The van der Waals surface area contributed by atoms with E-state index >= 15 is 0 Å². The molecule has 4 nitrogen and oxygen atoms in total.